The molecule has 0 aliphatic carbocycles. The standard InChI is InChI=1S/C20H25N5O2/c1-14-7-9-25-15(12-21-18(25)11-14)13-24-8-3-2-5-16(24)19-22-23-20(27-19)17-6-4-10-26-17/h7,9,11-12,16-17H,2-6,8,10,13H2,1H3/t16?,17-/m1/s1. The van der Waals surface area contributed by atoms with Gasteiger partial charge in [0.25, 0.3) is 0 Å². The molecular weight excluding hydrogens is 342 g/mol. The SMILES string of the molecule is Cc1ccn2c(CN3CCCCC3c3nnc([C@H]4CCCO4)o3)cnc2c1. The molecule has 3 aromatic heterocycles. The van der Waals surface area contributed by atoms with Crippen LogP contribution in [-0.2, 0) is 11.3 Å². The number of imidazole rings is 1. The van der Waals surface area contributed by atoms with Gasteiger partial charge in [-0.15, -0.1) is 10.2 Å². The van der Waals surface area contributed by atoms with Gasteiger partial charge < -0.3 is 13.6 Å². The molecular formula is C20H25N5O2. The van der Waals surface area contributed by atoms with E-state index in [1.54, 1.807) is 0 Å². The second kappa shape index (κ2) is 7.05. The third-order valence-corrected chi connectivity index (χ3v) is 5.67. The summed E-state index contributed by atoms with van der Waals surface area (Å²) >= 11 is 0. The molecule has 5 heterocycles. The number of fused-ring (bicyclic) bond motifs is 1. The molecule has 0 N–H and O–H groups in total. The molecule has 2 aliphatic rings. The molecule has 0 bridgehead atoms. The zero-order valence-electron chi connectivity index (χ0n) is 15.7. The lowest BCUT2D eigenvalue weighted by Crippen LogP contribution is -2.33. The lowest BCUT2D eigenvalue weighted by Gasteiger charge is -2.33. The van der Waals surface area contributed by atoms with Crippen LogP contribution in [0.5, 0.6) is 0 Å². The van der Waals surface area contributed by atoms with Crippen LogP contribution < -0.4 is 0 Å². The number of aromatic nitrogens is 4. The predicted octanol–water partition coefficient (Wildman–Crippen LogP) is 3.60. The average Bonchev–Trinajstić information content (AvgIpc) is 3.43. The van der Waals surface area contributed by atoms with Crippen molar-refractivity contribution < 1.29 is 9.15 Å². The Morgan fingerprint density at radius 2 is 2.07 bits per heavy atom. The first kappa shape index (κ1) is 16.9. The van der Waals surface area contributed by atoms with Crippen molar-refractivity contribution in [3.8, 4) is 0 Å². The summed E-state index contributed by atoms with van der Waals surface area (Å²) in [7, 11) is 0. The minimum Gasteiger partial charge on any atom is -0.421 e. The molecule has 2 saturated heterocycles. The predicted molar refractivity (Wildman–Crippen MR) is 99.2 cm³/mol. The molecule has 142 valence electrons. The van der Waals surface area contributed by atoms with E-state index < -0.39 is 0 Å². The zero-order valence-corrected chi connectivity index (χ0v) is 15.7. The van der Waals surface area contributed by atoms with E-state index in [-0.39, 0.29) is 12.1 Å². The summed E-state index contributed by atoms with van der Waals surface area (Å²) in [6.07, 6.45) is 9.52. The van der Waals surface area contributed by atoms with Gasteiger partial charge in [-0.2, -0.15) is 0 Å². The number of aryl methyl sites for hydroxylation is 1. The Morgan fingerprint density at radius 1 is 1.15 bits per heavy atom. The van der Waals surface area contributed by atoms with Gasteiger partial charge in [-0.3, -0.25) is 4.90 Å². The van der Waals surface area contributed by atoms with Gasteiger partial charge in [-0.05, 0) is 56.8 Å². The Hall–Kier alpha value is -2.25. The molecule has 0 spiro atoms. The minimum atomic E-state index is -0.0229. The van der Waals surface area contributed by atoms with Gasteiger partial charge in [-0.1, -0.05) is 6.42 Å². The second-order valence-electron chi connectivity index (χ2n) is 7.64. The minimum absolute atomic E-state index is 0.0229. The van der Waals surface area contributed by atoms with Crippen LogP contribution in [0, 0.1) is 6.92 Å². The molecule has 2 aliphatic heterocycles. The van der Waals surface area contributed by atoms with Crippen LogP contribution in [0.3, 0.4) is 0 Å². The van der Waals surface area contributed by atoms with Crippen LogP contribution in [0.15, 0.2) is 28.9 Å². The van der Waals surface area contributed by atoms with E-state index in [0.717, 1.165) is 50.5 Å². The third-order valence-electron chi connectivity index (χ3n) is 5.67. The van der Waals surface area contributed by atoms with Crippen LogP contribution >= 0.6 is 0 Å². The van der Waals surface area contributed by atoms with E-state index in [9.17, 15) is 0 Å². The highest BCUT2D eigenvalue weighted by molar-refractivity contribution is 5.42. The molecule has 2 fully saturated rings. The van der Waals surface area contributed by atoms with E-state index >= 15 is 0 Å². The molecule has 0 saturated carbocycles. The van der Waals surface area contributed by atoms with Crippen LogP contribution in [0.2, 0.25) is 0 Å². The van der Waals surface area contributed by atoms with Gasteiger partial charge in [0.15, 0.2) is 0 Å². The highest BCUT2D eigenvalue weighted by atomic mass is 16.5. The first-order valence-electron chi connectivity index (χ1n) is 9.89. The monoisotopic (exact) mass is 367 g/mol. The van der Waals surface area contributed by atoms with E-state index in [4.69, 9.17) is 9.15 Å². The topological polar surface area (TPSA) is 68.7 Å². The number of rotatable bonds is 4. The summed E-state index contributed by atoms with van der Waals surface area (Å²) in [4.78, 5) is 7.01. The smallest absolute Gasteiger partial charge is 0.245 e. The normalized spacial score (nSPS) is 24.0. The quantitative estimate of drug-likeness (QED) is 0.702. The number of pyridine rings is 1. The molecule has 7 heteroatoms. The maximum absolute atomic E-state index is 6.05. The van der Waals surface area contributed by atoms with Gasteiger partial charge >= 0.3 is 0 Å². The number of piperidine rings is 1. The molecule has 3 aromatic rings. The van der Waals surface area contributed by atoms with Crippen molar-refractivity contribution in [1.29, 1.82) is 0 Å². The first-order valence-corrected chi connectivity index (χ1v) is 9.89. The van der Waals surface area contributed by atoms with Gasteiger partial charge in [0.2, 0.25) is 11.8 Å². The second-order valence-corrected chi connectivity index (χ2v) is 7.64. The fourth-order valence-electron chi connectivity index (χ4n) is 4.20. The summed E-state index contributed by atoms with van der Waals surface area (Å²) in [6.45, 7) is 4.73. The summed E-state index contributed by atoms with van der Waals surface area (Å²) in [5.41, 5.74) is 3.41. The van der Waals surface area contributed by atoms with Crippen molar-refractivity contribution in [2.75, 3.05) is 13.2 Å². The maximum Gasteiger partial charge on any atom is 0.245 e. The largest absolute Gasteiger partial charge is 0.421 e. The van der Waals surface area contributed by atoms with Crippen LogP contribution in [0.4, 0.5) is 0 Å². The zero-order chi connectivity index (χ0) is 18.2. The number of likely N-dealkylation sites (tertiary alicyclic amines) is 1. The molecule has 7 nitrogen and oxygen atoms in total. The van der Waals surface area contributed by atoms with Crippen molar-refractivity contribution in [1.82, 2.24) is 24.5 Å². The summed E-state index contributed by atoms with van der Waals surface area (Å²) in [5, 5.41) is 8.66. The lowest BCUT2D eigenvalue weighted by molar-refractivity contribution is 0.0792. The van der Waals surface area contributed by atoms with Crippen molar-refractivity contribution in [3.63, 3.8) is 0 Å². The van der Waals surface area contributed by atoms with E-state index in [2.05, 4.69) is 49.7 Å². The van der Waals surface area contributed by atoms with E-state index in [1.807, 2.05) is 6.20 Å². The maximum atomic E-state index is 6.05. The Kier molecular flexibility index (Phi) is 4.41. The van der Waals surface area contributed by atoms with Gasteiger partial charge in [0, 0.05) is 19.3 Å². The van der Waals surface area contributed by atoms with Crippen LogP contribution in [0.25, 0.3) is 5.65 Å². The highest BCUT2D eigenvalue weighted by Gasteiger charge is 2.31. The van der Waals surface area contributed by atoms with Gasteiger partial charge in [-0.25, -0.2) is 4.98 Å². The highest BCUT2D eigenvalue weighted by Crippen LogP contribution is 2.34. The van der Waals surface area contributed by atoms with Crippen molar-refractivity contribution in [3.05, 3.63) is 47.6 Å². The third kappa shape index (κ3) is 3.26. The number of ether oxygens (including phenoxy) is 1. The van der Waals surface area contributed by atoms with Crippen molar-refractivity contribution >= 4 is 5.65 Å². The molecule has 0 aromatic carbocycles. The molecule has 27 heavy (non-hydrogen) atoms. The molecule has 1 unspecified atom stereocenters. The molecule has 5 rings (SSSR count). The Morgan fingerprint density at radius 3 is 2.96 bits per heavy atom. The van der Waals surface area contributed by atoms with Crippen LogP contribution in [-0.4, -0.2) is 37.6 Å². The molecule has 0 radical (unpaired) electrons. The van der Waals surface area contributed by atoms with Gasteiger partial charge in [0.05, 0.1) is 17.9 Å². The van der Waals surface area contributed by atoms with Crippen molar-refractivity contribution in [2.24, 2.45) is 0 Å². The van der Waals surface area contributed by atoms with E-state index in [1.165, 1.54) is 24.1 Å². The lowest BCUT2D eigenvalue weighted by atomic mass is 10.0. The molecule has 2 atom stereocenters. The Balaban J connectivity index is 1.38. The Labute approximate surface area is 158 Å². The van der Waals surface area contributed by atoms with Crippen molar-refractivity contribution in [2.45, 2.75) is 57.7 Å². The average molecular weight is 367 g/mol. The van der Waals surface area contributed by atoms with Gasteiger partial charge in [0.1, 0.15) is 11.8 Å². The summed E-state index contributed by atoms with van der Waals surface area (Å²) < 4.78 is 13.9. The number of nitrogens with zero attached hydrogens (tertiary/aromatic N) is 5. The fourth-order valence-corrected chi connectivity index (χ4v) is 4.20. The number of hydrogen-bond acceptors (Lipinski definition) is 6. The summed E-state index contributed by atoms with van der Waals surface area (Å²) in [6, 6.07) is 4.40. The fraction of sp³-hybridized carbons (Fsp3) is 0.550. The first-order chi connectivity index (χ1) is 13.3. The molecule has 0 amide bonds. The van der Waals surface area contributed by atoms with E-state index in [0.29, 0.717) is 5.89 Å². The van der Waals surface area contributed by atoms with Crippen LogP contribution in [0.1, 0.15) is 67.3 Å². The number of hydrogen-bond donors (Lipinski definition) is 0. The summed E-state index contributed by atoms with van der Waals surface area (Å²) in [5.74, 6) is 1.36. The Bertz CT molecular complexity index is 927.